The quantitative estimate of drug-likeness (QED) is 0.473. The Hall–Kier alpha value is -0.860. The van der Waals surface area contributed by atoms with Crippen LogP contribution < -0.4 is 0 Å². The van der Waals surface area contributed by atoms with Crippen LogP contribution in [0.4, 0.5) is 0 Å². The van der Waals surface area contributed by atoms with Crippen molar-refractivity contribution in [1.82, 2.24) is 0 Å². The number of hydrogen-bond donors (Lipinski definition) is 2. The van der Waals surface area contributed by atoms with Gasteiger partial charge in [-0.05, 0) is 92.4 Å². The van der Waals surface area contributed by atoms with Gasteiger partial charge in [0.15, 0.2) is 0 Å². The highest BCUT2D eigenvalue weighted by Crippen LogP contribution is 2.59. The van der Waals surface area contributed by atoms with E-state index in [9.17, 15) is 10.2 Å². The van der Waals surface area contributed by atoms with Crippen molar-refractivity contribution >= 4 is 0 Å². The maximum atomic E-state index is 10.1. The molecule has 3 saturated carbocycles. The van der Waals surface area contributed by atoms with Gasteiger partial charge < -0.3 is 10.2 Å². The van der Waals surface area contributed by atoms with Crippen molar-refractivity contribution in [2.45, 2.75) is 97.5 Å². The minimum Gasteiger partial charge on any atom is -0.396 e. The fourth-order valence-electron chi connectivity index (χ4n) is 6.65. The van der Waals surface area contributed by atoms with Crippen molar-refractivity contribution in [2.24, 2.45) is 29.1 Å². The van der Waals surface area contributed by atoms with Crippen LogP contribution in [0.15, 0.2) is 35.5 Å². The van der Waals surface area contributed by atoms with Gasteiger partial charge in [-0.25, -0.2) is 0 Å². The molecule has 0 radical (unpaired) electrons. The van der Waals surface area contributed by atoms with Gasteiger partial charge in [0.25, 0.3) is 0 Å². The number of aliphatic hydroxyl groups excluding tert-OH is 2. The number of rotatable bonds is 7. The van der Waals surface area contributed by atoms with Crippen molar-refractivity contribution < 1.29 is 10.2 Å². The standard InChI is InChI=1S/C27H44O2/c1-19(18-28)7-5-8-20(2)24-14-15-25-23(9-6-16-27(24,25)4)13-12-22-11-10-21(3)26(29)17-22/h12-13,19-20,24-26,28-29H,3,5-11,14-18H2,1-2,4H3/b22-12-,23-13+/t19?,20?,24-,25?,26?,27?/m1/s1. The first-order chi connectivity index (χ1) is 13.8. The molecule has 2 N–H and O–H groups in total. The smallest absolute Gasteiger partial charge is 0.0784 e. The molecule has 2 nitrogen and oxygen atoms in total. The Morgan fingerprint density at radius 3 is 2.66 bits per heavy atom. The van der Waals surface area contributed by atoms with E-state index in [1.807, 2.05) is 0 Å². The van der Waals surface area contributed by atoms with E-state index in [2.05, 4.69) is 39.5 Å². The van der Waals surface area contributed by atoms with Crippen molar-refractivity contribution in [1.29, 1.82) is 0 Å². The second-order valence-electron chi connectivity index (χ2n) is 10.7. The fraction of sp³-hybridized carbons (Fsp3) is 0.778. The molecule has 29 heavy (non-hydrogen) atoms. The van der Waals surface area contributed by atoms with Gasteiger partial charge in [0, 0.05) is 6.61 Å². The Bertz CT molecular complexity index is 630. The molecule has 0 saturated heterocycles. The van der Waals surface area contributed by atoms with Gasteiger partial charge in [-0.2, -0.15) is 0 Å². The third-order valence-corrected chi connectivity index (χ3v) is 8.62. The van der Waals surface area contributed by atoms with Crippen LogP contribution in [0.3, 0.4) is 0 Å². The number of fused-ring (bicyclic) bond motifs is 1. The zero-order valence-electron chi connectivity index (χ0n) is 19.1. The van der Waals surface area contributed by atoms with Crippen LogP contribution in [0.1, 0.15) is 91.4 Å². The summed E-state index contributed by atoms with van der Waals surface area (Å²) < 4.78 is 0. The van der Waals surface area contributed by atoms with E-state index in [1.165, 1.54) is 50.5 Å². The van der Waals surface area contributed by atoms with Gasteiger partial charge in [-0.15, -0.1) is 0 Å². The van der Waals surface area contributed by atoms with Gasteiger partial charge in [-0.3, -0.25) is 0 Å². The molecule has 0 aromatic heterocycles. The molecular weight excluding hydrogens is 356 g/mol. The summed E-state index contributed by atoms with van der Waals surface area (Å²) in [6.45, 7) is 11.5. The average Bonchev–Trinajstić information content (AvgIpc) is 3.06. The monoisotopic (exact) mass is 400 g/mol. The number of aliphatic hydroxyl groups is 2. The van der Waals surface area contributed by atoms with Gasteiger partial charge in [0.1, 0.15) is 0 Å². The highest BCUT2D eigenvalue weighted by molar-refractivity contribution is 5.28. The summed E-state index contributed by atoms with van der Waals surface area (Å²) in [6.07, 6.45) is 17.6. The highest BCUT2D eigenvalue weighted by Gasteiger charge is 2.50. The molecular formula is C27H44O2. The second kappa shape index (κ2) is 9.96. The van der Waals surface area contributed by atoms with Crippen LogP contribution in [0, 0.1) is 29.1 Å². The van der Waals surface area contributed by atoms with Crippen LogP contribution in [0.2, 0.25) is 0 Å². The van der Waals surface area contributed by atoms with E-state index < -0.39 is 0 Å². The summed E-state index contributed by atoms with van der Waals surface area (Å²) in [5.41, 5.74) is 4.53. The van der Waals surface area contributed by atoms with E-state index >= 15 is 0 Å². The second-order valence-corrected chi connectivity index (χ2v) is 10.7. The van der Waals surface area contributed by atoms with Crippen LogP contribution >= 0.6 is 0 Å². The molecule has 164 valence electrons. The molecule has 0 heterocycles. The Kier molecular flexibility index (Phi) is 7.84. The van der Waals surface area contributed by atoms with E-state index in [1.54, 1.807) is 5.57 Å². The first-order valence-corrected chi connectivity index (χ1v) is 12.2. The first-order valence-electron chi connectivity index (χ1n) is 12.2. The Morgan fingerprint density at radius 2 is 1.93 bits per heavy atom. The Labute approximate surface area is 179 Å². The molecule has 6 atom stereocenters. The van der Waals surface area contributed by atoms with Crippen molar-refractivity contribution in [3.63, 3.8) is 0 Å². The lowest BCUT2D eigenvalue weighted by atomic mass is 9.60. The first kappa shape index (κ1) is 22.8. The van der Waals surface area contributed by atoms with Crippen molar-refractivity contribution in [3.05, 3.63) is 35.5 Å². The average molecular weight is 401 g/mol. The topological polar surface area (TPSA) is 40.5 Å². The minimum atomic E-state index is -0.338. The predicted octanol–water partition coefficient (Wildman–Crippen LogP) is 6.59. The molecule has 0 bridgehead atoms. The summed E-state index contributed by atoms with van der Waals surface area (Å²) in [7, 11) is 0. The largest absolute Gasteiger partial charge is 0.396 e. The summed E-state index contributed by atoms with van der Waals surface area (Å²) in [4.78, 5) is 0. The molecule has 0 aromatic rings. The maximum absolute atomic E-state index is 10.1. The summed E-state index contributed by atoms with van der Waals surface area (Å²) >= 11 is 0. The molecule has 3 rings (SSSR count). The van der Waals surface area contributed by atoms with E-state index in [0.717, 1.165) is 49.0 Å². The third kappa shape index (κ3) is 5.25. The molecule has 0 aliphatic heterocycles. The van der Waals surface area contributed by atoms with Gasteiger partial charge >= 0.3 is 0 Å². The lowest BCUT2D eigenvalue weighted by molar-refractivity contribution is 0.0922. The van der Waals surface area contributed by atoms with Crippen molar-refractivity contribution in [3.8, 4) is 0 Å². The lowest BCUT2D eigenvalue weighted by Crippen LogP contribution is -2.36. The molecule has 2 heteroatoms. The molecule has 5 unspecified atom stereocenters. The minimum absolute atomic E-state index is 0.326. The summed E-state index contributed by atoms with van der Waals surface area (Å²) in [5, 5.41) is 19.4. The normalized spacial score (nSPS) is 37.7. The fourth-order valence-corrected chi connectivity index (χ4v) is 6.65. The summed E-state index contributed by atoms with van der Waals surface area (Å²) in [6, 6.07) is 0. The third-order valence-electron chi connectivity index (χ3n) is 8.62. The number of hydrogen-bond acceptors (Lipinski definition) is 2. The molecule has 3 aliphatic carbocycles. The maximum Gasteiger partial charge on any atom is 0.0784 e. The SMILES string of the molecule is C=C1CC/C(=C/C=C2\CCCC3(C)C2CC[C@@H]3C(C)CCCC(C)CO)CC1O. The van der Waals surface area contributed by atoms with Crippen LogP contribution in [0.25, 0.3) is 0 Å². The molecule has 3 fully saturated rings. The van der Waals surface area contributed by atoms with Gasteiger partial charge in [0.2, 0.25) is 0 Å². The zero-order chi connectivity index (χ0) is 21.0. The Morgan fingerprint density at radius 1 is 1.14 bits per heavy atom. The lowest BCUT2D eigenvalue weighted by Gasteiger charge is -2.44. The van der Waals surface area contributed by atoms with Crippen molar-refractivity contribution in [2.75, 3.05) is 6.61 Å². The molecule has 3 aliphatic rings. The van der Waals surface area contributed by atoms with Crippen LogP contribution in [-0.2, 0) is 0 Å². The van der Waals surface area contributed by atoms with Crippen LogP contribution in [0.5, 0.6) is 0 Å². The van der Waals surface area contributed by atoms with Gasteiger partial charge in [0.05, 0.1) is 6.10 Å². The van der Waals surface area contributed by atoms with Gasteiger partial charge in [-0.1, -0.05) is 63.5 Å². The van der Waals surface area contributed by atoms with E-state index in [-0.39, 0.29) is 6.10 Å². The predicted molar refractivity (Wildman–Crippen MR) is 123 cm³/mol. The molecule has 0 amide bonds. The van der Waals surface area contributed by atoms with E-state index in [4.69, 9.17) is 0 Å². The Balaban J connectivity index is 1.64. The highest BCUT2D eigenvalue weighted by atomic mass is 16.3. The zero-order valence-corrected chi connectivity index (χ0v) is 19.1. The molecule has 0 spiro atoms. The number of allylic oxidation sites excluding steroid dienone is 3. The summed E-state index contributed by atoms with van der Waals surface area (Å²) in [5.74, 6) is 2.82. The van der Waals surface area contributed by atoms with Crippen LogP contribution in [-0.4, -0.2) is 22.9 Å². The van der Waals surface area contributed by atoms with E-state index in [0.29, 0.717) is 17.9 Å². The molecule has 0 aromatic carbocycles.